The summed E-state index contributed by atoms with van der Waals surface area (Å²) < 4.78 is 13.2. The van der Waals surface area contributed by atoms with E-state index < -0.39 is 0 Å². The van der Waals surface area contributed by atoms with Gasteiger partial charge >= 0.3 is 0 Å². The van der Waals surface area contributed by atoms with Gasteiger partial charge in [0.2, 0.25) is 0 Å². The molecule has 1 aromatic carbocycles. The van der Waals surface area contributed by atoms with Gasteiger partial charge in [-0.1, -0.05) is 29.3 Å². The predicted molar refractivity (Wildman–Crippen MR) is 67.3 cm³/mol. The van der Waals surface area contributed by atoms with E-state index in [1.807, 2.05) is 26.8 Å². The summed E-state index contributed by atoms with van der Waals surface area (Å²) >= 11 is 5.63. The monoisotopic (exact) mass is 241 g/mol. The zero-order valence-corrected chi connectivity index (χ0v) is 10.6. The Morgan fingerprint density at radius 3 is 2.75 bits per heavy atom. The van der Waals surface area contributed by atoms with Crippen molar-refractivity contribution in [2.75, 3.05) is 6.54 Å². The van der Waals surface area contributed by atoms with Crippen LogP contribution in [0.2, 0.25) is 5.02 Å². The van der Waals surface area contributed by atoms with Crippen LogP contribution in [0.25, 0.3) is 0 Å². The average molecular weight is 242 g/mol. The number of rotatable bonds is 4. The second kappa shape index (κ2) is 6.02. The third-order valence-electron chi connectivity index (χ3n) is 2.38. The van der Waals surface area contributed by atoms with E-state index in [4.69, 9.17) is 11.6 Å². The lowest BCUT2D eigenvalue weighted by atomic mass is 10.1. The van der Waals surface area contributed by atoms with Crippen molar-refractivity contribution >= 4 is 11.6 Å². The zero-order valence-electron chi connectivity index (χ0n) is 9.85. The van der Waals surface area contributed by atoms with Gasteiger partial charge < -0.3 is 5.32 Å². The van der Waals surface area contributed by atoms with Crippen LogP contribution in [-0.4, -0.2) is 6.54 Å². The molecule has 0 aliphatic heterocycles. The Hall–Kier alpha value is -0.860. The van der Waals surface area contributed by atoms with Crippen LogP contribution in [0.5, 0.6) is 0 Å². The molecule has 1 N–H and O–H groups in total. The Kier molecular flexibility index (Phi) is 4.97. The van der Waals surface area contributed by atoms with E-state index in [1.54, 1.807) is 6.07 Å². The van der Waals surface area contributed by atoms with Crippen molar-refractivity contribution < 1.29 is 4.39 Å². The number of hydrogen-bond donors (Lipinski definition) is 1. The Labute approximate surface area is 101 Å². The largest absolute Gasteiger partial charge is 0.307 e. The van der Waals surface area contributed by atoms with Crippen LogP contribution in [0.4, 0.5) is 4.39 Å². The van der Waals surface area contributed by atoms with Gasteiger partial charge in [-0.15, -0.1) is 0 Å². The number of hydrogen-bond acceptors (Lipinski definition) is 1. The third kappa shape index (κ3) is 3.95. The number of nitrogens with one attached hydrogen (secondary N) is 1. The molecule has 1 aromatic rings. The highest BCUT2D eigenvalue weighted by molar-refractivity contribution is 6.30. The van der Waals surface area contributed by atoms with Crippen molar-refractivity contribution in [2.45, 2.75) is 26.8 Å². The lowest BCUT2D eigenvalue weighted by molar-refractivity contribution is 0.594. The van der Waals surface area contributed by atoms with Crippen molar-refractivity contribution in [2.24, 2.45) is 0 Å². The first-order chi connectivity index (χ1) is 7.50. The summed E-state index contributed by atoms with van der Waals surface area (Å²) in [6, 6.07) is 5.02. The fourth-order valence-electron chi connectivity index (χ4n) is 1.34. The van der Waals surface area contributed by atoms with Crippen LogP contribution in [0.1, 0.15) is 32.4 Å². The maximum absolute atomic E-state index is 13.2. The Morgan fingerprint density at radius 1 is 1.50 bits per heavy atom. The fourth-order valence-corrected chi connectivity index (χ4v) is 1.46. The summed E-state index contributed by atoms with van der Waals surface area (Å²) in [7, 11) is 0. The van der Waals surface area contributed by atoms with E-state index in [0.29, 0.717) is 0 Å². The van der Waals surface area contributed by atoms with Gasteiger partial charge in [0, 0.05) is 12.6 Å². The molecule has 0 aromatic heterocycles. The summed E-state index contributed by atoms with van der Waals surface area (Å²) in [4.78, 5) is 0. The van der Waals surface area contributed by atoms with Crippen LogP contribution in [-0.2, 0) is 0 Å². The van der Waals surface area contributed by atoms with Crippen LogP contribution < -0.4 is 5.32 Å². The number of allylic oxidation sites excluding steroid dienone is 1. The predicted octanol–water partition coefficient (Wildman–Crippen LogP) is 4.10. The molecule has 1 atom stereocenters. The molecule has 0 heterocycles. The van der Waals surface area contributed by atoms with Crippen molar-refractivity contribution in [3.8, 4) is 0 Å². The third-order valence-corrected chi connectivity index (χ3v) is 2.68. The lowest BCUT2D eigenvalue weighted by Crippen LogP contribution is -2.18. The van der Waals surface area contributed by atoms with Crippen molar-refractivity contribution in [1.29, 1.82) is 0 Å². The summed E-state index contributed by atoms with van der Waals surface area (Å²) in [6.07, 6.45) is 2.10. The molecule has 1 unspecified atom stereocenters. The first-order valence-electron chi connectivity index (χ1n) is 5.32. The first kappa shape index (κ1) is 13.2. The molecule has 1 rings (SSSR count). The molecular weight excluding hydrogens is 225 g/mol. The van der Waals surface area contributed by atoms with Gasteiger partial charge in [0.15, 0.2) is 0 Å². The minimum atomic E-state index is -0.366. The first-order valence-corrected chi connectivity index (χ1v) is 5.70. The van der Waals surface area contributed by atoms with E-state index >= 15 is 0 Å². The topological polar surface area (TPSA) is 12.0 Å². The quantitative estimate of drug-likeness (QED) is 0.783. The molecule has 1 nitrogen and oxygen atoms in total. The van der Waals surface area contributed by atoms with Crippen molar-refractivity contribution in [3.05, 3.63) is 46.3 Å². The molecule has 3 heteroatoms. The maximum atomic E-state index is 13.2. The second-order valence-corrected chi connectivity index (χ2v) is 4.49. The van der Waals surface area contributed by atoms with Crippen LogP contribution >= 0.6 is 11.6 Å². The van der Waals surface area contributed by atoms with Gasteiger partial charge in [0.05, 0.1) is 5.02 Å². The maximum Gasteiger partial charge on any atom is 0.142 e. The molecule has 0 spiro atoms. The fraction of sp³-hybridized carbons (Fsp3) is 0.385. The van der Waals surface area contributed by atoms with Gasteiger partial charge in [0.1, 0.15) is 5.82 Å². The lowest BCUT2D eigenvalue weighted by Gasteiger charge is -2.13. The van der Waals surface area contributed by atoms with Gasteiger partial charge in [-0.25, -0.2) is 4.39 Å². The highest BCUT2D eigenvalue weighted by atomic mass is 35.5. The minimum absolute atomic E-state index is 0.113. The highest BCUT2D eigenvalue weighted by Crippen LogP contribution is 2.19. The van der Waals surface area contributed by atoms with Crippen LogP contribution in [0.3, 0.4) is 0 Å². The molecule has 0 amide bonds. The van der Waals surface area contributed by atoms with Crippen LogP contribution in [0.15, 0.2) is 29.8 Å². The number of halogens is 2. The molecule has 88 valence electrons. The molecular formula is C13H17ClFN. The van der Waals surface area contributed by atoms with Gasteiger partial charge in [-0.05, 0) is 38.5 Å². The van der Waals surface area contributed by atoms with E-state index in [1.165, 1.54) is 11.6 Å². The molecule has 0 saturated heterocycles. The highest BCUT2D eigenvalue weighted by Gasteiger charge is 2.06. The molecule has 0 aliphatic carbocycles. The normalized spacial score (nSPS) is 12.3. The summed E-state index contributed by atoms with van der Waals surface area (Å²) in [5.74, 6) is -0.366. The van der Waals surface area contributed by atoms with Gasteiger partial charge in [-0.2, -0.15) is 0 Å². The van der Waals surface area contributed by atoms with E-state index in [0.717, 1.165) is 12.1 Å². The molecule has 0 saturated carbocycles. The Balaban J connectivity index is 2.62. The summed E-state index contributed by atoms with van der Waals surface area (Å²) in [5.41, 5.74) is 2.17. The minimum Gasteiger partial charge on any atom is -0.307 e. The van der Waals surface area contributed by atoms with Crippen LogP contribution in [0, 0.1) is 5.82 Å². The molecule has 16 heavy (non-hydrogen) atoms. The second-order valence-electron chi connectivity index (χ2n) is 4.08. The molecule has 0 fully saturated rings. The SMILES string of the molecule is CC(C)=CCNC(C)c1ccc(Cl)c(F)c1. The number of benzene rings is 1. The van der Waals surface area contributed by atoms with Gasteiger partial charge in [-0.3, -0.25) is 0 Å². The summed E-state index contributed by atoms with van der Waals surface area (Å²) in [5, 5.41) is 3.46. The van der Waals surface area contributed by atoms with E-state index in [2.05, 4.69) is 11.4 Å². The average Bonchev–Trinajstić information content (AvgIpc) is 2.21. The Morgan fingerprint density at radius 2 is 2.19 bits per heavy atom. The molecule has 0 aliphatic rings. The van der Waals surface area contributed by atoms with Crippen molar-refractivity contribution in [3.63, 3.8) is 0 Å². The zero-order chi connectivity index (χ0) is 12.1. The molecule has 0 radical (unpaired) electrons. The molecule has 0 bridgehead atoms. The van der Waals surface area contributed by atoms with Gasteiger partial charge in [0.25, 0.3) is 0 Å². The van der Waals surface area contributed by atoms with Crippen molar-refractivity contribution in [1.82, 2.24) is 5.32 Å². The summed E-state index contributed by atoms with van der Waals surface area (Å²) in [6.45, 7) is 6.89. The smallest absolute Gasteiger partial charge is 0.142 e. The van der Waals surface area contributed by atoms with E-state index in [9.17, 15) is 4.39 Å². The van der Waals surface area contributed by atoms with E-state index in [-0.39, 0.29) is 16.9 Å². The standard InChI is InChI=1S/C13H17ClFN/c1-9(2)6-7-16-10(3)11-4-5-12(14)13(15)8-11/h4-6,8,10,16H,7H2,1-3H3. The Bertz CT molecular complexity index is 384.